The number of carbonyl (C=O) groups is 1. The summed E-state index contributed by atoms with van der Waals surface area (Å²) in [5, 5.41) is 2.91. The lowest BCUT2D eigenvalue weighted by molar-refractivity contribution is -0.123. The Morgan fingerprint density at radius 3 is 2.76 bits per heavy atom. The van der Waals surface area contributed by atoms with Gasteiger partial charge in [-0.15, -0.1) is 0 Å². The Balaban J connectivity index is 1.98. The molecule has 6 heteroatoms. The van der Waals surface area contributed by atoms with Crippen LogP contribution < -0.4 is 11.1 Å². The van der Waals surface area contributed by atoms with Crippen molar-refractivity contribution in [2.75, 3.05) is 33.4 Å². The Bertz CT molecular complexity index is 455. The SMILES string of the molecule is COCC(N)C(=O)NCC(c1ccc(C)o1)N1CCCC1. The van der Waals surface area contributed by atoms with Crippen molar-refractivity contribution in [1.82, 2.24) is 10.2 Å². The van der Waals surface area contributed by atoms with E-state index in [4.69, 9.17) is 14.9 Å². The van der Waals surface area contributed by atoms with Gasteiger partial charge in [-0.05, 0) is 45.0 Å². The highest BCUT2D eigenvalue weighted by Gasteiger charge is 2.27. The van der Waals surface area contributed by atoms with Crippen LogP contribution in [-0.2, 0) is 9.53 Å². The molecule has 2 atom stereocenters. The first-order valence-corrected chi connectivity index (χ1v) is 7.44. The van der Waals surface area contributed by atoms with Gasteiger partial charge in [0, 0.05) is 13.7 Å². The first-order chi connectivity index (χ1) is 10.1. The highest BCUT2D eigenvalue weighted by Crippen LogP contribution is 2.26. The molecule has 3 N–H and O–H groups in total. The molecule has 0 aliphatic carbocycles. The summed E-state index contributed by atoms with van der Waals surface area (Å²) in [6.45, 7) is 4.72. The van der Waals surface area contributed by atoms with Crippen LogP contribution >= 0.6 is 0 Å². The third-order valence-corrected chi connectivity index (χ3v) is 3.82. The second-order valence-electron chi connectivity index (χ2n) is 5.51. The van der Waals surface area contributed by atoms with E-state index in [1.807, 2.05) is 19.1 Å². The van der Waals surface area contributed by atoms with Crippen LogP contribution in [0, 0.1) is 6.92 Å². The van der Waals surface area contributed by atoms with Crippen LogP contribution in [0.1, 0.15) is 30.4 Å². The van der Waals surface area contributed by atoms with E-state index in [0.29, 0.717) is 6.54 Å². The lowest BCUT2D eigenvalue weighted by Crippen LogP contribution is -2.46. The van der Waals surface area contributed by atoms with Gasteiger partial charge in [-0.3, -0.25) is 9.69 Å². The van der Waals surface area contributed by atoms with Crippen LogP contribution in [0.3, 0.4) is 0 Å². The second kappa shape index (κ2) is 7.59. The number of furan rings is 1. The molecular weight excluding hydrogens is 270 g/mol. The summed E-state index contributed by atoms with van der Waals surface area (Å²) in [5.74, 6) is 1.59. The molecule has 2 heterocycles. The van der Waals surface area contributed by atoms with E-state index in [9.17, 15) is 4.79 Å². The first kappa shape index (κ1) is 16.0. The minimum atomic E-state index is -0.632. The van der Waals surface area contributed by atoms with E-state index >= 15 is 0 Å². The molecular formula is C15H25N3O3. The van der Waals surface area contributed by atoms with Crippen LogP contribution in [0.15, 0.2) is 16.5 Å². The molecule has 0 saturated carbocycles. The van der Waals surface area contributed by atoms with Gasteiger partial charge in [0.15, 0.2) is 0 Å². The second-order valence-corrected chi connectivity index (χ2v) is 5.51. The maximum atomic E-state index is 11.9. The lowest BCUT2D eigenvalue weighted by atomic mass is 10.2. The maximum absolute atomic E-state index is 11.9. The highest BCUT2D eigenvalue weighted by molar-refractivity contribution is 5.81. The van der Waals surface area contributed by atoms with E-state index in [1.54, 1.807) is 0 Å². The molecule has 2 unspecified atom stereocenters. The van der Waals surface area contributed by atoms with Crippen LogP contribution in [0.2, 0.25) is 0 Å². The van der Waals surface area contributed by atoms with E-state index in [0.717, 1.165) is 24.6 Å². The first-order valence-electron chi connectivity index (χ1n) is 7.44. The molecule has 1 saturated heterocycles. The predicted octanol–water partition coefficient (Wildman–Crippen LogP) is 0.815. The fourth-order valence-corrected chi connectivity index (χ4v) is 2.68. The number of aryl methyl sites for hydroxylation is 1. The van der Waals surface area contributed by atoms with Gasteiger partial charge in [-0.2, -0.15) is 0 Å². The fourth-order valence-electron chi connectivity index (χ4n) is 2.68. The zero-order valence-corrected chi connectivity index (χ0v) is 12.8. The lowest BCUT2D eigenvalue weighted by Gasteiger charge is -2.26. The molecule has 1 fully saturated rings. The fraction of sp³-hybridized carbons (Fsp3) is 0.667. The van der Waals surface area contributed by atoms with Crippen molar-refractivity contribution in [2.24, 2.45) is 5.73 Å². The summed E-state index contributed by atoms with van der Waals surface area (Å²) < 4.78 is 10.7. The molecule has 1 aliphatic rings. The van der Waals surface area contributed by atoms with Crippen LogP contribution in [0.5, 0.6) is 0 Å². The summed E-state index contributed by atoms with van der Waals surface area (Å²) in [7, 11) is 1.53. The number of ether oxygens (including phenoxy) is 1. The number of hydrogen-bond donors (Lipinski definition) is 2. The van der Waals surface area contributed by atoms with Gasteiger partial charge < -0.3 is 20.2 Å². The van der Waals surface area contributed by atoms with Crippen molar-refractivity contribution >= 4 is 5.91 Å². The van der Waals surface area contributed by atoms with Crippen molar-refractivity contribution in [3.05, 3.63) is 23.7 Å². The molecule has 1 aliphatic heterocycles. The Hall–Kier alpha value is -1.37. The van der Waals surface area contributed by atoms with Gasteiger partial charge in [-0.25, -0.2) is 0 Å². The number of nitrogens with two attached hydrogens (primary N) is 1. The average Bonchev–Trinajstić information content (AvgIpc) is 3.11. The van der Waals surface area contributed by atoms with Crippen molar-refractivity contribution in [2.45, 2.75) is 31.8 Å². The molecule has 118 valence electrons. The zero-order valence-electron chi connectivity index (χ0n) is 12.8. The number of likely N-dealkylation sites (tertiary alicyclic amines) is 1. The van der Waals surface area contributed by atoms with Gasteiger partial charge in [0.2, 0.25) is 5.91 Å². The third-order valence-electron chi connectivity index (χ3n) is 3.82. The molecule has 0 radical (unpaired) electrons. The molecule has 1 aromatic heterocycles. The summed E-state index contributed by atoms with van der Waals surface area (Å²) in [4.78, 5) is 14.3. The Kier molecular flexibility index (Phi) is 5.78. The quantitative estimate of drug-likeness (QED) is 0.778. The topological polar surface area (TPSA) is 80.7 Å². The number of amides is 1. The number of hydrogen-bond acceptors (Lipinski definition) is 5. The maximum Gasteiger partial charge on any atom is 0.239 e. The Morgan fingerprint density at radius 2 is 2.19 bits per heavy atom. The van der Waals surface area contributed by atoms with Crippen LogP contribution in [0.4, 0.5) is 0 Å². The molecule has 0 spiro atoms. The van der Waals surface area contributed by atoms with Crippen molar-refractivity contribution in [1.29, 1.82) is 0 Å². The minimum absolute atomic E-state index is 0.0693. The summed E-state index contributed by atoms with van der Waals surface area (Å²) in [6.07, 6.45) is 2.38. The largest absolute Gasteiger partial charge is 0.465 e. The minimum Gasteiger partial charge on any atom is -0.465 e. The molecule has 1 amide bonds. The molecule has 6 nitrogen and oxygen atoms in total. The highest BCUT2D eigenvalue weighted by atomic mass is 16.5. The normalized spacial score (nSPS) is 18.6. The van der Waals surface area contributed by atoms with Gasteiger partial charge in [0.1, 0.15) is 17.6 Å². The van der Waals surface area contributed by atoms with E-state index in [2.05, 4.69) is 10.2 Å². The average molecular weight is 295 g/mol. The summed E-state index contributed by atoms with van der Waals surface area (Å²) >= 11 is 0. The number of methoxy groups -OCH3 is 1. The molecule has 21 heavy (non-hydrogen) atoms. The number of rotatable bonds is 7. The van der Waals surface area contributed by atoms with Crippen molar-refractivity contribution < 1.29 is 13.9 Å². The zero-order chi connectivity index (χ0) is 15.2. The van der Waals surface area contributed by atoms with Crippen LogP contribution in [-0.4, -0.2) is 50.2 Å². The Labute approximate surface area is 125 Å². The third kappa shape index (κ3) is 4.30. The molecule has 1 aromatic rings. The monoisotopic (exact) mass is 295 g/mol. The summed E-state index contributed by atoms with van der Waals surface area (Å²) in [5.41, 5.74) is 5.74. The van der Waals surface area contributed by atoms with Gasteiger partial charge >= 0.3 is 0 Å². The summed E-state index contributed by atoms with van der Waals surface area (Å²) in [6, 6.07) is 3.38. The van der Waals surface area contributed by atoms with Crippen LogP contribution in [0.25, 0.3) is 0 Å². The predicted molar refractivity (Wildman–Crippen MR) is 79.9 cm³/mol. The molecule has 0 bridgehead atoms. The standard InChI is InChI=1S/C15H25N3O3/c1-11-5-6-14(21-11)13(18-7-3-4-8-18)9-17-15(19)12(16)10-20-2/h5-6,12-13H,3-4,7-10,16H2,1-2H3,(H,17,19). The van der Waals surface area contributed by atoms with E-state index < -0.39 is 6.04 Å². The Morgan fingerprint density at radius 1 is 1.48 bits per heavy atom. The van der Waals surface area contributed by atoms with Gasteiger partial charge in [-0.1, -0.05) is 0 Å². The molecule has 2 rings (SSSR count). The van der Waals surface area contributed by atoms with Gasteiger partial charge in [0.05, 0.1) is 12.6 Å². The van der Waals surface area contributed by atoms with E-state index in [1.165, 1.54) is 20.0 Å². The number of carbonyl (C=O) groups excluding carboxylic acids is 1. The van der Waals surface area contributed by atoms with Crippen molar-refractivity contribution in [3.63, 3.8) is 0 Å². The number of nitrogens with one attached hydrogen (secondary N) is 1. The molecule has 0 aromatic carbocycles. The van der Waals surface area contributed by atoms with Gasteiger partial charge in [0.25, 0.3) is 0 Å². The number of nitrogens with zero attached hydrogens (tertiary/aromatic N) is 1. The van der Waals surface area contributed by atoms with Crippen molar-refractivity contribution in [3.8, 4) is 0 Å². The van der Waals surface area contributed by atoms with E-state index in [-0.39, 0.29) is 18.6 Å². The smallest absolute Gasteiger partial charge is 0.239 e.